The molecule has 100 valence electrons. The summed E-state index contributed by atoms with van der Waals surface area (Å²) in [7, 11) is 0. The second kappa shape index (κ2) is 5.27. The molecule has 1 aromatic heterocycles. The Balaban J connectivity index is 1.91. The molecule has 19 heavy (non-hydrogen) atoms. The van der Waals surface area contributed by atoms with Crippen LogP contribution in [0.3, 0.4) is 0 Å². The molecule has 2 aromatic rings. The van der Waals surface area contributed by atoms with E-state index in [-0.39, 0.29) is 0 Å². The Kier molecular flexibility index (Phi) is 3.49. The SMILES string of the molecule is CC1CCN(C(O)c2cccc3ncccc23)CC1. The lowest BCUT2D eigenvalue weighted by Gasteiger charge is -2.34. The third kappa shape index (κ3) is 2.48. The molecule has 0 aliphatic carbocycles. The quantitative estimate of drug-likeness (QED) is 0.897. The molecule has 1 aliphatic heterocycles. The van der Waals surface area contributed by atoms with Gasteiger partial charge in [0.15, 0.2) is 0 Å². The van der Waals surface area contributed by atoms with Crippen molar-refractivity contribution in [2.24, 2.45) is 5.92 Å². The number of aliphatic hydroxyl groups excluding tert-OH is 1. The number of fused-ring (bicyclic) bond motifs is 1. The van der Waals surface area contributed by atoms with E-state index >= 15 is 0 Å². The summed E-state index contributed by atoms with van der Waals surface area (Å²) < 4.78 is 0. The van der Waals surface area contributed by atoms with Crippen LogP contribution in [0.4, 0.5) is 0 Å². The molecule has 1 aliphatic rings. The Hall–Kier alpha value is -1.45. The molecule has 1 aromatic carbocycles. The van der Waals surface area contributed by atoms with E-state index in [0.717, 1.165) is 35.5 Å². The van der Waals surface area contributed by atoms with Crippen LogP contribution in [0, 0.1) is 5.92 Å². The molecular weight excluding hydrogens is 236 g/mol. The molecule has 1 N–H and O–H groups in total. The molecule has 3 rings (SSSR count). The van der Waals surface area contributed by atoms with Crippen LogP contribution in [-0.2, 0) is 0 Å². The van der Waals surface area contributed by atoms with Crippen LogP contribution < -0.4 is 0 Å². The lowest BCUT2D eigenvalue weighted by molar-refractivity contribution is -0.0164. The maximum absolute atomic E-state index is 10.6. The van der Waals surface area contributed by atoms with Crippen LogP contribution in [0.15, 0.2) is 36.5 Å². The largest absolute Gasteiger partial charge is 0.374 e. The van der Waals surface area contributed by atoms with Crippen molar-refractivity contribution in [2.75, 3.05) is 13.1 Å². The second-order valence-electron chi connectivity index (χ2n) is 5.51. The number of rotatable bonds is 2. The third-order valence-electron chi connectivity index (χ3n) is 4.12. The van der Waals surface area contributed by atoms with E-state index in [2.05, 4.69) is 16.8 Å². The standard InChI is InChI=1S/C16H20N2O/c1-12-7-10-18(11-8-12)16(19)14-4-2-6-15-13(14)5-3-9-17-15/h2-6,9,12,16,19H,7-8,10-11H2,1H3. The summed E-state index contributed by atoms with van der Waals surface area (Å²) in [4.78, 5) is 6.52. The molecule has 2 heterocycles. The van der Waals surface area contributed by atoms with Crippen molar-refractivity contribution in [1.82, 2.24) is 9.88 Å². The van der Waals surface area contributed by atoms with Crippen LogP contribution in [-0.4, -0.2) is 28.1 Å². The summed E-state index contributed by atoms with van der Waals surface area (Å²) in [5.74, 6) is 0.776. The Morgan fingerprint density at radius 2 is 2.00 bits per heavy atom. The molecule has 0 amide bonds. The second-order valence-corrected chi connectivity index (χ2v) is 5.51. The van der Waals surface area contributed by atoms with Crippen molar-refractivity contribution in [3.63, 3.8) is 0 Å². The van der Waals surface area contributed by atoms with E-state index in [4.69, 9.17) is 0 Å². The van der Waals surface area contributed by atoms with Crippen molar-refractivity contribution in [3.05, 3.63) is 42.1 Å². The van der Waals surface area contributed by atoms with Crippen LogP contribution in [0.5, 0.6) is 0 Å². The van der Waals surface area contributed by atoms with Gasteiger partial charge in [-0.05, 0) is 30.9 Å². The van der Waals surface area contributed by atoms with Gasteiger partial charge in [0.05, 0.1) is 5.52 Å². The molecule has 3 heteroatoms. The van der Waals surface area contributed by atoms with Gasteiger partial charge in [0.25, 0.3) is 0 Å². The molecule has 3 nitrogen and oxygen atoms in total. The first-order valence-electron chi connectivity index (χ1n) is 7.01. The number of benzene rings is 1. The van der Waals surface area contributed by atoms with Crippen molar-refractivity contribution in [3.8, 4) is 0 Å². The van der Waals surface area contributed by atoms with Crippen molar-refractivity contribution >= 4 is 10.9 Å². The van der Waals surface area contributed by atoms with Crippen LogP contribution in [0.1, 0.15) is 31.6 Å². The van der Waals surface area contributed by atoms with E-state index in [1.807, 2.05) is 30.3 Å². The van der Waals surface area contributed by atoms with E-state index in [0.29, 0.717) is 0 Å². The topological polar surface area (TPSA) is 36.4 Å². The molecule has 0 spiro atoms. The predicted molar refractivity (Wildman–Crippen MR) is 76.7 cm³/mol. The van der Waals surface area contributed by atoms with Crippen molar-refractivity contribution in [2.45, 2.75) is 26.0 Å². The average Bonchev–Trinajstić information content (AvgIpc) is 2.47. The van der Waals surface area contributed by atoms with Crippen LogP contribution in [0.2, 0.25) is 0 Å². The molecule has 1 unspecified atom stereocenters. The summed E-state index contributed by atoms with van der Waals surface area (Å²) in [6.45, 7) is 4.23. The maximum Gasteiger partial charge on any atom is 0.134 e. The smallest absolute Gasteiger partial charge is 0.134 e. The summed E-state index contributed by atoms with van der Waals surface area (Å²) >= 11 is 0. The van der Waals surface area contributed by atoms with Crippen LogP contribution in [0.25, 0.3) is 10.9 Å². The highest BCUT2D eigenvalue weighted by atomic mass is 16.3. The average molecular weight is 256 g/mol. The Morgan fingerprint density at radius 1 is 1.21 bits per heavy atom. The number of piperidine rings is 1. The van der Waals surface area contributed by atoms with E-state index in [1.165, 1.54) is 12.8 Å². The first kappa shape index (κ1) is 12.6. The number of nitrogens with zero attached hydrogens (tertiary/aromatic N) is 2. The normalized spacial score (nSPS) is 19.7. The highest BCUT2D eigenvalue weighted by molar-refractivity contribution is 5.82. The minimum absolute atomic E-state index is 0.514. The number of likely N-dealkylation sites (tertiary alicyclic amines) is 1. The zero-order valence-corrected chi connectivity index (χ0v) is 11.3. The number of aromatic nitrogens is 1. The van der Waals surface area contributed by atoms with Gasteiger partial charge in [0.2, 0.25) is 0 Å². The summed E-state index contributed by atoms with van der Waals surface area (Å²) in [5.41, 5.74) is 1.92. The lowest BCUT2D eigenvalue weighted by Crippen LogP contribution is -2.36. The van der Waals surface area contributed by atoms with Gasteiger partial charge in [0.1, 0.15) is 6.23 Å². The third-order valence-corrected chi connectivity index (χ3v) is 4.12. The number of aliphatic hydroxyl groups is 1. The molecule has 1 fully saturated rings. The molecule has 1 atom stereocenters. The van der Waals surface area contributed by atoms with Gasteiger partial charge in [-0.15, -0.1) is 0 Å². The van der Waals surface area contributed by atoms with Gasteiger partial charge in [-0.2, -0.15) is 0 Å². The zero-order chi connectivity index (χ0) is 13.2. The van der Waals surface area contributed by atoms with Gasteiger partial charge in [-0.3, -0.25) is 9.88 Å². The first-order valence-corrected chi connectivity index (χ1v) is 7.01. The van der Waals surface area contributed by atoms with Gasteiger partial charge < -0.3 is 5.11 Å². The van der Waals surface area contributed by atoms with Gasteiger partial charge in [0, 0.05) is 30.2 Å². The minimum Gasteiger partial charge on any atom is -0.374 e. The van der Waals surface area contributed by atoms with Gasteiger partial charge in [-0.1, -0.05) is 25.1 Å². The molecule has 0 radical (unpaired) electrons. The highest BCUT2D eigenvalue weighted by Gasteiger charge is 2.23. The summed E-state index contributed by atoms with van der Waals surface area (Å²) in [6.07, 6.45) is 3.61. The Bertz CT molecular complexity index is 556. The summed E-state index contributed by atoms with van der Waals surface area (Å²) in [5, 5.41) is 11.7. The van der Waals surface area contributed by atoms with Gasteiger partial charge in [-0.25, -0.2) is 0 Å². The van der Waals surface area contributed by atoms with Crippen molar-refractivity contribution in [1.29, 1.82) is 0 Å². The number of pyridine rings is 1. The Labute approximate surface area is 113 Å². The minimum atomic E-state index is -0.514. The fraction of sp³-hybridized carbons (Fsp3) is 0.438. The van der Waals surface area contributed by atoms with Crippen LogP contribution >= 0.6 is 0 Å². The molecule has 0 saturated carbocycles. The monoisotopic (exact) mass is 256 g/mol. The number of hydrogen-bond acceptors (Lipinski definition) is 3. The van der Waals surface area contributed by atoms with E-state index in [1.54, 1.807) is 6.20 Å². The summed E-state index contributed by atoms with van der Waals surface area (Å²) in [6, 6.07) is 9.93. The maximum atomic E-state index is 10.6. The fourth-order valence-corrected chi connectivity index (χ4v) is 2.82. The molecule has 0 bridgehead atoms. The lowest BCUT2D eigenvalue weighted by atomic mass is 9.97. The van der Waals surface area contributed by atoms with Crippen molar-refractivity contribution < 1.29 is 5.11 Å². The molecular formula is C16H20N2O. The number of hydrogen-bond donors (Lipinski definition) is 1. The zero-order valence-electron chi connectivity index (χ0n) is 11.3. The predicted octanol–water partition coefficient (Wildman–Crippen LogP) is 2.96. The van der Waals surface area contributed by atoms with E-state index < -0.39 is 6.23 Å². The van der Waals surface area contributed by atoms with E-state index in [9.17, 15) is 5.11 Å². The fourth-order valence-electron chi connectivity index (χ4n) is 2.82. The first-order chi connectivity index (χ1) is 9.25. The highest BCUT2D eigenvalue weighted by Crippen LogP contribution is 2.28. The van der Waals surface area contributed by atoms with Gasteiger partial charge >= 0.3 is 0 Å². The Morgan fingerprint density at radius 3 is 2.79 bits per heavy atom. The molecule has 1 saturated heterocycles.